The van der Waals surface area contributed by atoms with Gasteiger partial charge >= 0.3 is 0 Å². The fourth-order valence-electron chi connectivity index (χ4n) is 2.15. The Balaban J connectivity index is 2.12. The zero-order chi connectivity index (χ0) is 13.3. The fourth-order valence-corrected chi connectivity index (χ4v) is 2.25. The summed E-state index contributed by atoms with van der Waals surface area (Å²) in [4.78, 5) is 24.3. The van der Waals surface area contributed by atoms with E-state index < -0.39 is 0 Å². The van der Waals surface area contributed by atoms with Gasteiger partial charge in [-0.1, -0.05) is 11.6 Å². The number of amides is 1. The molecule has 1 aromatic rings. The van der Waals surface area contributed by atoms with Gasteiger partial charge in [0, 0.05) is 25.2 Å². The van der Waals surface area contributed by atoms with E-state index in [2.05, 4.69) is 35.8 Å². The Bertz CT molecular complexity index is 424. The molecule has 0 spiro atoms. The lowest BCUT2D eigenvalue weighted by molar-refractivity contribution is 0.0409. The quantitative estimate of drug-likeness (QED) is 0.770. The largest absolute Gasteiger partial charge is 0.334 e. The zero-order valence-electron chi connectivity index (χ0n) is 10.8. The van der Waals surface area contributed by atoms with Crippen LogP contribution < -0.4 is 0 Å². The first-order chi connectivity index (χ1) is 8.49. The molecule has 0 bridgehead atoms. The van der Waals surface area contributed by atoms with Crippen LogP contribution in [-0.4, -0.2) is 57.9 Å². The second-order valence-electron chi connectivity index (χ2n) is 4.80. The summed E-state index contributed by atoms with van der Waals surface area (Å²) in [6, 6.07) is 0.691. The second kappa shape index (κ2) is 5.20. The van der Waals surface area contributed by atoms with Gasteiger partial charge in [0.1, 0.15) is 10.8 Å². The molecule has 1 amide bonds. The lowest BCUT2D eigenvalue weighted by Gasteiger charge is -2.42. The summed E-state index contributed by atoms with van der Waals surface area (Å²) in [5.41, 5.74) is 0.350. The minimum Gasteiger partial charge on any atom is -0.334 e. The van der Waals surface area contributed by atoms with Gasteiger partial charge in [-0.25, -0.2) is 9.97 Å². The van der Waals surface area contributed by atoms with Crippen LogP contribution in [0.4, 0.5) is 0 Å². The third kappa shape index (κ3) is 2.62. The molecule has 98 valence electrons. The minimum atomic E-state index is -0.0778. The Morgan fingerprint density at radius 1 is 1.28 bits per heavy atom. The third-order valence-corrected chi connectivity index (χ3v) is 3.68. The van der Waals surface area contributed by atoms with E-state index in [1.165, 1.54) is 12.4 Å². The van der Waals surface area contributed by atoms with E-state index in [0.29, 0.717) is 36.0 Å². The Morgan fingerprint density at radius 2 is 1.89 bits per heavy atom. The number of hydrogen-bond donors (Lipinski definition) is 0. The Labute approximate surface area is 112 Å². The molecule has 6 heteroatoms. The van der Waals surface area contributed by atoms with Crippen LogP contribution in [0.5, 0.6) is 0 Å². The van der Waals surface area contributed by atoms with Crippen LogP contribution in [0.1, 0.15) is 24.3 Å². The van der Waals surface area contributed by atoms with Gasteiger partial charge in [0.2, 0.25) is 0 Å². The standard InChI is InChI=1S/C12H17ClN4O/c1-8-6-17(7-9(2)16(8)3)12(18)10-4-15-11(13)5-14-10/h4-5,8-9H,6-7H2,1-3H3. The lowest BCUT2D eigenvalue weighted by atomic mass is 10.1. The normalized spacial score (nSPS) is 25.2. The summed E-state index contributed by atoms with van der Waals surface area (Å²) in [5, 5.41) is 0.298. The summed E-state index contributed by atoms with van der Waals surface area (Å²) in [7, 11) is 2.08. The summed E-state index contributed by atoms with van der Waals surface area (Å²) in [6.07, 6.45) is 2.83. The van der Waals surface area contributed by atoms with Gasteiger partial charge in [0.15, 0.2) is 0 Å². The first-order valence-electron chi connectivity index (χ1n) is 5.97. The third-order valence-electron chi connectivity index (χ3n) is 3.49. The number of halogens is 1. The summed E-state index contributed by atoms with van der Waals surface area (Å²) >= 11 is 5.66. The molecule has 2 unspecified atom stereocenters. The molecule has 2 heterocycles. The van der Waals surface area contributed by atoms with E-state index in [-0.39, 0.29) is 5.91 Å². The number of piperazine rings is 1. The average Bonchev–Trinajstić information content (AvgIpc) is 2.35. The predicted molar refractivity (Wildman–Crippen MR) is 69.6 cm³/mol. The van der Waals surface area contributed by atoms with E-state index >= 15 is 0 Å². The topological polar surface area (TPSA) is 49.3 Å². The molecular formula is C12H17ClN4O. The van der Waals surface area contributed by atoms with Crippen LogP contribution in [0, 0.1) is 0 Å². The monoisotopic (exact) mass is 268 g/mol. The Hall–Kier alpha value is -1.20. The van der Waals surface area contributed by atoms with Crippen LogP contribution in [-0.2, 0) is 0 Å². The SMILES string of the molecule is CC1CN(C(=O)c2cnc(Cl)cn2)CC(C)N1C. The molecule has 1 aromatic heterocycles. The van der Waals surface area contributed by atoms with Crippen LogP contribution in [0.15, 0.2) is 12.4 Å². The van der Waals surface area contributed by atoms with Crippen molar-refractivity contribution in [3.8, 4) is 0 Å². The molecule has 0 radical (unpaired) electrons. The predicted octanol–water partition coefficient (Wildman–Crippen LogP) is 1.29. The Kier molecular flexibility index (Phi) is 3.82. The molecule has 0 aliphatic carbocycles. The highest BCUT2D eigenvalue weighted by Crippen LogP contribution is 2.15. The van der Waals surface area contributed by atoms with Crippen molar-refractivity contribution in [3.63, 3.8) is 0 Å². The summed E-state index contributed by atoms with van der Waals surface area (Å²) < 4.78 is 0. The van der Waals surface area contributed by atoms with Crippen molar-refractivity contribution in [2.45, 2.75) is 25.9 Å². The molecule has 2 rings (SSSR count). The molecular weight excluding hydrogens is 252 g/mol. The maximum absolute atomic E-state index is 12.3. The molecule has 0 N–H and O–H groups in total. The van der Waals surface area contributed by atoms with Crippen LogP contribution in [0.25, 0.3) is 0 Å². The van der Waals surface area contributed by atoms with E-state index in [4.69, 9.17) is 11.6 Å². The Morgan fingerprint density at radius 3 is 2.39 bits per heavy atom. The number of rotatable bonds is 1. The van der Waals surface area contributed by atoms with Crippen molar-refractivity contribution in [1.82, 2.24) is 19.8 Å². The van der Waals surface area contributed by atoms with Crippen molar-refractivity contribution in [2.75, 3.05) is 20.1 Å². The van der Waals surface area contributed by atoms with Crippen LogP contribution in [0.2, 0.25) is 5.15 Å². The summed E-state index contributed by atoms with van der Waals surface area (Å²) in [6.45, 7) is 5.65. The van der Waals surface area contributed by atoms with Gasteiger partial charge < -0.3 is 4.90 Å². The van der Waals surface area contributed by atoms with E-state index in [0.717, 1.165) is 0 Å². The number of carbonyl (C=O) groups is 1. The molecule has 0 aromatic carbocycles. The van der Waals surface area contributed by atoms with Gasteiger partial charge in [-0.15, -0.1) is 0 Å². The number of aromatic nitrogens is 2. The first-order valence-corrected chi connectivity index (χ1v) is 6.35. The highest BCUT2D eigenvalue weighted by Gasteiger charge is 2.30. The highest BCUT2D eigenvalue weighted by molar-refractivity contribution is 6.29. The van der Waals surface area contributed by atoms with Gasteiger partial charge in [-0.3, -0.25) is 9.69 Å². The van der Waals surface area contributed by atoms with Crippen molar-refractivity contribution in [1.29, 1.82) is 0 Å². The highest BCUT2D eigenvalue weighted by atomic mass is 35.5. The number of likely N-dealkylation sites (N-methyl/N-ethyl adjacent to an activating group) is 1. The molecule has 1 saturated heterocycles. The van der Waals surface area contributed by atoms with Gasteiger partial charge in [0.05, 0.1) is 12.4 Å². The zero-order valence-corrected chi connectivity index (χ0v) is 11.6. The van der Waals surface area contributed by atoms with E-state index in [1.54, 1.807) is 0 Å². The number of hydrogen-bond acceptors (Lipinski definition) is 4. The minimum absolute atomic E-state index is 0.0778. The molecule has 1 aliphatic rings. The van der Waals surface area contributed by atoms with Crippen molar-refractivity contribution in [3.05, 3.63) is 23.2 Å². The lowest BCUT2D eigenvalue weighted by Crippen LogP contribution is -2.56. The molecule has 18 heavy (non-hydrogen) atoms. The van der Waals surface area contributed by atoms with E-state index in [1.807, 2.05) is 4.90 Å². The molecule has 1 aliphatic heterocycles. The number of nitrogens with zero attached hydrogens (tertiary/aromatic N) is 4. The van der Waals surface area contributed by atoms with Crippen molar-refractivity contribution < 1.29 is 4.79 Å². The summed E-state index contributed by atoms with van der Waals surface area (Å²) in [5.74, 6) is -0.0778. The fraction of sp³-hybridized carbons (Fsp3) is 0.583. The van der Waals surface area contributed by atoms with E-state index in [9.17, 15) is 4.79 Å². The van der Waals surface area contributed by atoms with Gasteiger partial charge in [-0.05, 0) is 20.9 Å². The van der Waals surface area contributed by atoms with Crippen LogP contribution >= 0.6 is 11.6 Å². The average molecular weight is 269 g/mol. The van der Waals surface area contributed by atoms with Gasteiger partial charge in [-0.2, -0.15) is 0 Å². The van der Waals surface area contributed by atoms with Crippen LogP contribution in [0.3, 0.4) is 0 Å². The molecule has 0 saturated carbocycles. The van der Waals surface area contributed by atoms with Crippen molar-refractivity contribution >= 4 is 17.5 Å². The maximum Gasteiger partial charge on any atom is 0.274 e. The maximum atomic E-state index is 12.3. The molecule has 5 nitrogen and oxygen atoms in total. The molecule has 1 fully saturated rings. The number of carbonyl (C=O) groups excluding carboxylic acids is 1. The van der Waals surface area contributed by atoms with Gasteiger partial charge in [0.25, 0.3) is 5.91 Å². The second-order valence-corrected chi connectivity index (χ2v) is 5.19. The smallest absolute Gasteiger partial charge is 0.274 e. The first kappa shape index (κ1) is 13.2. The van der Waals surface area contributed by atoms with Crippen molar-refractivity contribution in [2.24, 2.45) is 0 Å². The molecule has 2 atom stereocenters.